The molecule has 1 amide bonds. The predicted molar refractivity (Wildman–Crippen MR) is 79.3 cm³/mol. The first-order chi connectivity index (χ1) is 11.8. The van der Waals surface area contributed by atoms with Gasteiger partial charge in [-0.25, -0.2) is 4.39 Å². The van der Waals surface area contributed by atoms with Crippen molar-refractivity contribution in [2.24, 2.45) is 0 Å². The number of amides is 1. The highest BCUT2D eigenvalue weighted by Gasteiger charge is 2.33. The number of alkyl halides is 3. The van der Waals surface area contributed by atoms with Crippen molar-refractivity contribution >= 4 is 11.6 Å². The maximum atomic E-state index is 12.9. The number of halogens is 4. The van der Waals surface area contributed by atoms with Gasteiger partial charge in [0.1, 0.15) is 11.5 Å². The zero-order valence-electron chi connectivity index (χ0n) is 12.5. The summed E-state index contributed by atoms with van der Waals surface area (Å²) in [5.74, 6) is -1.15. The van der Waals surface area contributed by atoms with Gasteiger partial charge < -0.3 is 5.32 Å². The van der Waals surface area contributed by atoms with E-state index in [9.17, 15) is 22.4 Å². The van der Waals surface area contributed by atoms with E-state index in [0.717, 1.165) is 5.56 Å². The number of aromatic nitrogens is 4. The van der Waals surface area contributed by atoms with Crippen molar-refractivity contribution in [2.45, 2.75) is 12.7 Å². The van der Waals surface area contributed by atoms with Gasteiger partial charge >= 0.3 is 6.18 Å². The summed E-state index contributed by atoms with van der Waals surface area (Å²) in [5, 5.41) is 11.5. The number of carbonyl (C=O) groups is 1. The Kier molecular flexibility index (Phi) is 4.26. The van der Waals surface area contributed by atoms with Crippen molar-refractivity contribution in [3.63, 3.8) is 0 Å². The van der Waals surface area contributed by atoms with E-state index in [4.69, 9.17) is 0 Å². The van der Waals surface area contributed by atoms with Gasteiger partial charge in [0.15, 0.2) is 5.69 Å². The van der Waals surface area contributed by atoms with Crippen LogP contribution in [0, 0.1) is 5.82 Å². The largest absolute Gasteiger partial charge is 0.432 e. The van der Waals surface area contributed by atoms with E-state index in [0.29, 0.717) is 18.3 Å². The fourth-order valence-electron chi connectivity index (χ4n) is 2.07. The quantitative estimate of drug-likeness (QED) is 0.708. The molecule has 3 aromatic rings. The fourth-order valence-corrected chi connectivity index (χ4v) is 2.07. The smallest absolute Gasteiger partial charge is 0.318 e. The third-order valence-electron chi connectivity index (χ3n) is 3.26. The zero-order valence-corrected chi connectivity index (χ0v) is 12.5. The number of anilines is 1. The number of aromatic amines is 1. The molecule has 130 valence electrons. The minimum atomic E-state index is -4.61. The van der Waals surface area contributed by atoms with Crippen LogP contribution in [0.25, 0.3) is 0 Å². The molecule has 2 aromatic heterocycles. The second kappa shape index (κ2) is 6.38. The molecule has 0 fully saturated rings. The molecule has 6 nitrogen and oxygen atoms in total. The van der Waals surface area contributed by atoms with Crippen molar-refractivity contribution in [2.75, 3.05) is 5.32 Å². The summed E-state index contributed by atoms with van der Waals surface area (Å²) in [6.45, 7) is 0.344. The Balaban J connectivity index is 1.65. The van der Waals surface area contributed by atoms with Crippen molar-refractivity contribution in [3.8, 4) is 0 Å². The Morgan fingerprint density at radius 2 is 1.96 bits per heavy atom. The normalized spacial score (nSPS) is 11.5. The molecule has 2 heterocycles. The third-order valence-corrected chi connectivity index (χ3v) is 3.26. The van der Waals surface area contributed by atoms with E-state index in [1.165, 1.54) is 29.2 Å². The Morgan fingerprint density at radius 3 is 2.60 bits per heavy atom. The molecule has 0 aliphatic carbocycles. The molecule has 1 aromatic carbocycles. The van der Waals surface area contributed by atoms with Gasteiger partial charge in [0.25, 0.3) is 5.91 Å². The summed E-state index contributed by atoms with van der Waals surface area (Å²) in [4.78, 5) is 11.9. The van der Waals surface area contributed by atoms with Crippen molar-refractivity contribution in [3.05, 3.63) is 65.5 Å². The van der Waals surface area contributed by atoms with Crippen molar-refractivity contribution < 1.29 is 22.4 Å². The Labute approximate surface area is 138 Å². The summed E-state index contributed by atoms with van der Waals surface area (Å²) in [6.07, 6.45) is -1.76. The number of carbonyl (C=O) groups excluding carboxylic acids is 1. The SMILES string of the molecule is O=C(Nc1cnn(Cc2ccc(F)cc2)c1)c1cc(C(F)(F)F)[nH]n1. The minimum absolute atomic E-state index is 0.295. The first-order valence-electron chi connectivity index (χ1n) is 7.02. The number of rotatable bonds is 4. The summed E-state index contributed by atoms with van der Waals surface area (Å²) >= 11 is 0. The van der Waals surface area contributed by atoms with Crippen LogP contribution in [0.1, 0.15) is 21.7 Å². The topological polar surface area (TPSA) is 75.6 Å². The molecule has 0 saturated carbocycles. The number of nitrogens with zero attached hydrogens (tertiary/aromatic N) is 3. The van der Waals surface area contributed by atoms with Crippen molar-refractivity contribution in [1.29, 1.82) is 0 Å². The zero-order chi connectivity index (χ0) is 18.0. The number of benzene rings is 1. The first-order valence-corrected chi connectivity index (χ1v) is 7.02. The molecule has 10 heteroatoms. The predicted octanol–water partition coefficient (Wildman–Crippen LogP) is 3.06. The van der Waals surface area contributed by atoms with Gasteiger partial charge in [-0.1, -0.05) is 12.1 Å². The Hall–Kier alpha value is -3.17. The number of hydrogen-bond donors (Lipinski definition) is 2. The maximum absolute atomic E-state index is 12.9. The van der Waals surface area contributed by atoms with Crippen LogP contribution in [-0.2, 0) is 12.7 Å². The lowest BCUT2D eigenvalue weighted by Gasteiger charge is -2.02. The molecule has 0 saturated heterocycles. The molecule has 2 N–H and O–H groups in total. The molecule has 0 unspecified atom stereocenters. The molecule has 0 bridgehead atoms. The number of nitrogens with one attached hydrogen (secondary N) is 2. The van der Waals surface area contributed by atoms with E-state index in [2.05, 4.69) is 15.5 Å². The summed E-state index contributed by atoms with van der Waals surface area (Å²) in [6, 6.07) is 6.45. The van der Waals surface area contributed by atoms with Gasteiger partial charge in [-0.2, -0.15) is 23.4 Å². The summed E-state index contributed by atoms with van der Waals surface area (Å²) < 4.78 is 51.8. The molecule has 0 radical (unpaired) electrons. The van der Waals surface area contributed by atoms with Crippen LogP contribution in [-0.4, -0.2) is 25.9 Å². The molecular formula is C15H11F4N5O. The highest BCUT2D eigenvalue weighted by Crippen LogP contribution is 2.27. The van der Waals surface area contributed by atoms with E-state index in [1.807, 2.05) is 0 Å². The first kappa shape index (κ1) is 16.7. The van der Waals surface area contributed by atoms with Gasteiger partial charge in [0.2, 0.25) is 0 Å². The minimum Gasteiger partial charge on any atom is -0.318 e. The Morgan fingerprint density at radius 1 is 1.24 bits per heavy atom. The van der Waals surface area contributed by atoms with Crippen LogP contribution in [0.4, 0.5) is 23.2 Å². The van der Waals surface area contributed by atoms with E-state index in [1.54, 1.807) is 17.2 Å². The summed E-state index contributed by atoms with van der Waals surface area (Å²) in [5.41, 5.74) is -0.406. The second-order valence-corrected chi connectivity index (χ2v) is 5.17. The van der Waals surface area contributed by atoms with Gasteiger partial charge in [-0.15, -0.1) is 0 Å². The summed E-state index contributed by atoms with van der Waals surface area (Å²) in [7, 11) is 0. The van der Waals surface area contributed by atoms with Crippen LogP contribution in [0.2, 0.25) is 0 Å². The van der Waals surface area contributed by atoms with Gasteiger partial charge in [-0.3, -0.25) is 14.6 Å². The lowest BCUT2D eigenvalue weighted by molar-refractivity contribution is -0.141. The molecule has 0 aliphatic rings. The van der Waals surface area contributed by atoms with Crippen molar-refractivity contribution in [1.82, 2.24) is 20.0 Å². The lowest BCUT2D eigenvalue weighted by Crippen LogP contribution is -2.12. The monoisotopic (exact) mass is 353 g/mol. The van der Waals surface area contributed by atoms with Gasteiger partial charge in [0, 0.05) is 12.3 Å². The molecule has 0 aliphatic heterocycles. The molecule has 0 atom stereocenters. The maximum Gasteiger partial charge on any atom is 0.432 e. The van der Waals surface area contributed by atoms with Crippen LogP contribution >= 0.6 is 0 Å². The number of H-pyrrole nitrogens is 1. The van der Waals surface area contributed by atoms with Crippen LogP contribution in [0.15, 0.2) is 42.7 Å². The van der Waals surface area contributed by atoms with Crippen LogP contribution < -0.4 is 5.32 Å². The average molecular weight is 353 g/mol. The van der Waals surface area contributed by atoms with Crippen LogP contribution in [0.5, 0.6) is 0 Å². The van der Waals surface area contributed by atoms with E-state index < -0.39 is 23.5 Å². The van der Waals surface area contributed by atoms with E-state index in [-0.39, 0.29) is 5.82 Å². The van der Waals surface area contributed by atoms with E-state index >= 15 is 0 Å². The Bertz CT molecular complexity index is 882. The lowest BCUT2D eigenvalue weighted by atomic mass is 10.2. The fraction of sp³-hybridized carbons (Fsp3) is 0.133. The van der Waals surface area contributed by atoms with Gasteiger partial charge in [-0.05, 0) is 17.7 Å². The highest BCUT2D eigenvalue weighted by atomic mass is 19.4. The molecule has 0 spiro atoms. The highest BCUT2D eigenvalue weighted by molar-refractivity contribution is 6.02. The van der Waals surface area contributed by atoms with Gasteiger partial charge in [0.05, 0.1) is 18.4 Å². The standard InChI is InChI=1S/C15H11F4N5O/c16-10-3-1-9(2-4-10)7-24-8-11(6-20-24)21-14(25)12-5-13(23-22-12)15(17,18)19/h1-6,8H,7H2,(H,21,25)(H,22,23). The second-order valence-electron chi connectivity index (χ2n) is 5.17. The molecular weight excluding hydrogens is 342 g/mol. The average Bonchev–Trinajstić information content (AvgIpc) is 3.19. The number of hydrogen-bond acceptors (Lipinski definition) is 3. The van der Waals surface area contributed by atoms with Crippen LogP contribution in [0.3, 0.4) is 0 Å². The molecule has 3 rings (SSSR count). The third kappa shape index (κ3) is 4.03. The molecule has 25 heavy (non-hydrogen) atoms.